The maximum atomic E-state index is 12.0. The van der Waals surface area contributed by atoms with Gasteiger partial charge in [0.25, 0.3) is 0 Å². The Balaban J connectivity index is 1.87. The van der Waals surface area contributed by atoms with E-state index in [1.165, 1.54) is 11.1 Å². The first kappa shape index (κ1) is 18.8. The highest BCUT2D eigenvalue weighted by atomic mass is 16.6. The van der Waals surface area contributed by atoms with Gasteiger partial charge in [0.2, 0.25) is 0 Å². The van der Waals surface area contributed by atoms with Crippen molar-refractivity contribution in [1.82, 2.24) is 10.6 Å². The Morgan fingerprint density at radius 3 is 2.54 bits per heavy atom. The van der Waals surface area contributed by atoms with Gasteiger partial charge in [0.05, 0.1) is 0 Å². The van der Waals surface area contributed by atoms with Crippen LogP contribution in [-0.2, 0) is 4.74 Å². The fourth-order valence-corrected chi connectivity index (χ4v) is 3.46. The van der Waals surface area contributed by atoms with Gasteiger partial charge in [-0.2, -0.15) is 0 Å². The van der Waals surface area contributed by atoms with Crippen LogP contribution in [0.2, 0.25) is 0 Å². The predicted molar refractivity (Wildman–Crippen MR) is 98.1 cm³/mol. The van der Waals surface area contributed by atoms with E-state index in [2.05, 4.69) is 48.7 Å². The summed E-state index contributed by atoms with van der Waals surface area (Å²) in [5.74, 6) is 0. The molecule has 0 spiro atoms. The van der Waals surface area contributed by atoms with Crippen LogP contribution in [0.1, 0.15) is 70.5 Å². The van der Waals surface area contributed by atoms with Crippen LogP contribution in [0.4, 0.5) is 4.79 Å². The average Bonchev–Trinajstić information content (AvgIpc) is 2.45. The molecule has 1 aromatic rings. The SMILES string of the molecule is Cc1ccccc1C(C)NC1CCCC(NC(=O)OC(C)(C)C)C1. The quantitative estimate of drug-likeness (QED) is 0.854. The molecule has 3 unspecified atom stereocenters. The average molecular weight is 332 g/mol. The normalized spacial score (nSPS) is 22.7. The van der Waals surface area contributed by atoms with Gasteiger partial charge >= 0.3 is 6.09 Å². The number of benzene rings is 1. The highest BCUT2D eigenvalue weighted by Gasteiger charge is 2.26. The minimum Gasteiger partial charge on any atom is -0.444 e. The molecule has 2 rings (SSSR count). The zero-order valence-corrected chi connectivity index (χ0v) is 15.7. The summed E-state index contributed by atoms with van der Waals surface area (Å²) in [6, 6.07) is 9.44. The van der Waals surface area contributed by atoms with Gasteiger partial charge in [-0.15, -0.1) is 0 Å². The van der Waals surface area contributed by atoms with Crippen LogP contribution in [0, 0.1) is 6.92 Å². The van der Waals surface area contributed by atoms with Crippen LogP contribution < -0.4 is 10.6 Å². The number of amides is 1. The molecule has 0 radical (unpaired) electrons. The maximum Gasteiger partial charge on any atom is 0.407 e. The number of hydrogen-bond donors (Lipinski definition) is 2. The maximum absolute atomic E-state index is 12.0. The van der Waals surface area contributed by atoms with Crippen molar-refractivity contribution in [3.63, 3.8) is 0 Å². The first-order valence-corrected chi connectivity index (χ1v) is 9.05. The minimum absolute atomic E-state index is 0.190. The largest absolute Gasteiger partial charge is 0.444 e. The summed E-state index contributed by atoms with van der Waals surface area (Å²) in [6.07, 6.45) is 3.95. The molecular formula is C20H32N2O2. The molecular weight excluding hydrogens is 300 g/mol. The number of nitrogens with one attached hydrogen (secondary N) is 2. The first-order chi connectivity index (χ1) is 11.2. The molecule has 0 saturated heterocycles. The molecule has 2 N–H and O–H groups in total. The van der Waals surface area contributed by atoms with Crippen molar-refractivity contribution in [2.75, 3.05) is 0 Å². The summed E-state index contributed by atoms with van der Waals surface area (Å²) in [6.45, 7) is 10.0. The molecule has 1 saturated carbocycles. The Morgan fingerprint density at radius 2 is 1.88 bits per heavy atom. The Labute approximate surface area is 146 Å². The van der Waals surface area contributed by atoms with E-state index in [1.54, 1.807) is 0 Å². The lowest BCUT2D eigenvalue weighted by Crippen LogP contribution is -2.46. The minimum atomic E-state index is -0.449. The molecule has 0 aromatic heterocycles. The lowest BCUT2D eigenvalue weighted by Gasteiger charge is -2.33. The van der Waals surface area contributed by atoms with Crippen LogP contribution in [0.3, 0.4) is 0 Å². The Hall–Kier alpha value is -1.55. The second-order valence-electron chi connectivity index (χ2n) is 7.95. The number of carbonyl (C=O) groups is 1. The molecule has 4 heteroatoms. The third-order valence-electron chi connectivity index (χ3n) is 4.54. The van der Waals surface area contributed by atoms with Crippen LogP contribution in [0.5, 0.6) is 0 Å². The van der Waals surface area contributed by atoms with Crippen molar-refractivity contribution in [1.29, 1.82) is 0 Å². The monoisotopic (exact) mass is 332 g/mol. The van der Waals surface area contributed by atoms with E-state index in [1.807, 2.05) is 20.8 Å². The van der Waals surface area contributed by atoms with Crippen LogP contribution in [-0.4, -0.2) is 23.8 Å². The molecule has 1 fully saturated rings. The summed E-state index contributed by atoms with van der Waals surface area (Å²) < 4.78 is 5.37. The standard InChI is InChI=1S/C20H32N2O2/c1-14-9-6-7-12-18(14)15(2)21-16-10-8-11-17(13-16)22-19(23)24-20(3,4)5/h6-7,9,12,15-17,21H,8,10-11,13H2,1-5H3,(H,22,23). The molecule has 0 aliphatic heterocycles. The van der Waals surface area contributed by atoms with Crippen molar-refractivity contribution in [3.8, 4) is 0 Å². The Morgan fingerprint density at radius 1 is 1.21 bits per heavy atom. The van der Waals surface area contributed by atoms with E-state index in [0.29, 0.717) is 12.1 Å². The van der Waals surface area contributed by atoms with E-state index in [9.17, 15) is 4.79 Å². The molecule has 4 nitrogen and oxygen atoms in total. The third-order valence-corrected chi connectivity index (χ3v) is 4.54. The number of aryl methyl sites for hydroxylation is 1. The summed E-state index contributed by atoms with van der Waals surface area (Å²) in [5.41, 5.74) is 2.21. The van der Waals surface area contributed by atoms with E-state index >= 15 is 0 Å². The van der Waals surface area contributed by atoms with Gasteiger partial charge < -0.3 is 15.4 Å². The first-order valence-electron chi connectivity index (χ1n) is 9.05. The molecule has 0 bridgehead atoms. The molecule has 1 amide bonds. The van der Waals surface area contributed by atoms with Crippen LogP contribution in [0.15, 0.2) is 24.3 Å². The fourth-order valence-electron chi connectivity index (χ4n) is 3.46. The number of ether oxygens (including phenoxy) is 1. The second kappa shape index (κ2) is 8.02. The van der Waals surface area contributed by atoms with Gasteiger partial charge in [0.15, 0.2) is 0 Å². The second-order valence-corrected chi connectivity index (χ2v) is 7.95. The smallest absolute Gasteiger partial charge is 0.407 e. The lowest BCUT2D eigenvalue weighted by atomic mass is 9.90. The van der Waals surface area contributed by atoms with Gasteiger partial charge in [-0.3, -0.25) is 0 Å². The highest BCUT2D eigenvalue weighted by molar-refractivity contribution is 5.68. The summed E-state index contributed by atoms with van der Waals surface area (Å²) >= 11 is 0. The number of rotatable bonds is 4. The van der Waals surface area contributed by atoms with E-state index < -0.39 is 5.60 Å². The van der Waals surface area contributed by atoms with Crippen molar-refractivity contribution >= 4 is 6.09 Å². The summed E-state index contributed by atoms with van der Waals surface area (Å²) in [4.78, 5) is 12.0. The third kappa shape index (κ3) is 5.82. The van der Waals surface area contributed by atoms with Gasteiger partial charge in [-0.25, -0.2) is 4.79 Å². The molecule has 134 valence electrons. The molecule has 24 heavy (non-hydrogen) atoms. The Kier molecular flexibility index (Phi) is 6.27. The molecule has 1 aliphatic carbocycles. The topological polar surface area (TPSA) is 50.4 Å². The zero-order valence-electron chi connectivity index (χ0n) is 15.7. The van der Waals surface area contributed by atoms with Gasteiger partial charge in [-0.1, -0.05) is 24.3 Å². The Bertz CT molecular complexity index is 551. The fraction of sp³-hybridized carbons (Fsp3) is 0.650. The van der Waals surface area contributed by atoms with Crippen molar-refractivity contribution in [3.05, 3.63) is 35.4 Å². The summed E-state index contributed by atoms with van der Waals surface area (Å²) in [5, 5.41) is 6.76. The molecule has 1 aliphatic rings. The highest BCUT2D eigenvalue weighted by Crippen LogP contribution is 2.24. The summed E-state index contributed by atoms with van der Waals surface area (Å²) in [7, 11) is 0. The van der Waals surface area contributed by atoms with Gasteiger partial charge in [0.1, 0.15) is 5.60 Å². The van der Waals surface area contributed by atoms with Gasteiger partial charge in [-0.05, 0) is 71.4 Å². The number of carbonyl (C=O) groups excluding carboxylic acids is 1. The predicted octanol–water partition coefficient (Wildman–Crippen LogP) is 4.48. The van der Waals surface area contributed by atoms with Crippen molar-refractivity contribution < 1.29 is 9.53 Å². The number of alkyl carbamates (subject to hydrolysis) is 1. The lowest BCUT2D eigenvalue weighted by molar-refractivity contribution is 0.0488. The van der Waals surface area contributed by atoms with Gasteiger partial charge in [0, 0.05) is 18.1 Å². The van der Waals surface area contributed by atoms with Crippen molar-refractivity contribution in [2.45, 2.75) is 84.0 Å². The molecule has 3 atom stereocenters. The molecule has 1 aromatic carbocycles. The van der Waals surface area contributed by atoms with Crippen LogP contribution >= 0.6 is 0 Å². The van der Waals surface area contributed by atoms with Crippen molar-refractivity contribution in [2.24, 2.45) is 0 Å². The van der Waals surface area contributed by atoms with E-state index in [4.69, 9.17) is 4.74 Å². The van der Waals surface area contributed by atoms with E-state index in [0.717, 1.165) is 25.7 Å². The molecule has 0 heterocycles. The van der Waals surface area contributed by atoms with E-state index in [-0.39, 0.29) is 12.1 Å². The zero-order chi connectivity index (χ0) is 17.7. The number of hydrogen-bond acceptors (Lipinski definition) is 3. The van der Waals surface area contributed by atoms with Crippen LogP contribution in [0.25, 0.3) is 0 Å².